The van der Waals surface area contributed by atoms with Crippen molar-refractivity contribution >= 4 is 11.9 Å². The third-order valence-electron chi connectivity index (χ3n) is 10.5. The first-order valence-corrected chi connectivity index (χ1v) is 23.1. The topological polar surface area (TPSA) is 152 Å². The van der Waals surface area contributed by atoms with Gasteiger partial charge in [0.1, 0.15) is 31.0 Å². The van der Waals surface area contributed by atoms with Crippen molar-refractivity contribution in [1.29, 1.82) is 0 Å². The first kappa shape index (κ1) is 52.9. The van der Waals surface area contributed by atoms with E-state index >= 15 is 0 Å². The van der Waals surface area contributed by atoms with Gasteiger partial charge in [0.15, 0.2) is 12.4 Å². The van der Waals surface area contributed by atoms with Gasteiger partial charge in [0, 0.05) is 12.8 Å². The first-order chi connectivity index (χ1) is 27.8. The van der Waals surface area contributed by atoms with Crippen molar-refractivity contribution in [3.05, 3.63) is 36.5 Å². The summed E-state index contributed by atoms with van der Waals surface area (Å²) < 4.78 is 22.1. The lowest BCUT2D eigenvalue weighted by Gasteiger charge is -2.39. The second kappa shape index (κ2) is 38.1. The van der Waals surface area contributed by atoms with Crippen LogP contribution in [0, 0.1) is 0 Å². The maximum atomic E-state index is 12.8. The van der Waals surface area contributed by atoms with Crippen LogP contribution in [-0.4, -0.2) is 89.0 Å². The number of rotatable bonds is 38. The molecule has 0 amide bonds. The van der Waals surface area contributed by atoms with E-state index in [0.717, 1.165) is 51.4 Å². The molecule has 1 fully saturated rings. The molecule has 0 radical (unpaired) electrons. The Hall–Kier alpha value is -2.08. The van der Waals surface area contributed by atoms with Crippen LogP contribution in [0.3, 0.4) is 0 Å². The van der Waals surface area contributed by atoms with Crippen LogP contribution in [0.5, 0.6) is 0 Å². The molecule has 0 aromatic carbocycles. The maximum Gasteiger partial charge on any atom is 0.306 e. The summed E-state index contributed by atoms with van der Waals surface area (Å²) >= 11 is 0. The van der Waals surface area contributed by atoms with E-state index in [0.29, 0.717) is 12.8 Å². The standard InChI is InChI=1S/C47H84O10/c1-3-5-7-9-11-13-15-17-19-20-22-24-26-28-30-32-34-36-43(50)56-40(39-55-47-46(53)45(52)44(51)41(37-48)57-47)38-54-42(49)35-33-31-29-27-25-23-21-18-16-14-12-10-8-6-4-2/h12,14,18,21,25,27,40-41,44-48,51-53H,3-11,13,15-17,19-20,22-24,26,28-39H2,1-2H3/b14-12+,21-18+,27-25+/t40-,41-,44+,45?,46?,47-/m1/s1. The summed E-state index contributed by atoms with van der Waals surface area (Å²) in [6.45, 7) is 3.37. The summed E-state index contributed by atoms with van der Waals surface area (Å²) in [7, 11) is 0. The normalized spacial score (nSPS) is 20.6. The number of hydrogen-bond acceptors (Lipinski definition) is 10. The van der Waals surface area contributed by atoms with Gasteiger partial charge in [-0.1, -0.05) is 166 Å². The fraction of sp³-hybridized carbons (Fsp3) is 0.830. The van der Waals surface area contributed by atoms with Crippen molar-refractivity contribution in [2.45, 2.75) is 230 Å². The predicted molar refractivity (Wildman–Crippen MR) is 229 cm³/mol. The molecular formula is C47H84O10. The Labute approximate surface area is 346 Å². The third-order valence-corrected chi connectivity index (χ3v) is 10.5. The number of hydrogen-bond donors (Lipinski definition) is 4. The van der Waals surface area contributed by atoms with Crippen molar-refractivity contribution in [3.8, 4) is 0 Å². The maximum absolute atomic E-state index is 12.8. The molecule has 1 aliphatic rings. The summed E-state index contributed by atoms with van der Waals surface area (Å²) in [6.07, 6.45) is 35.8. The molecule has 4 N–H and O–H groups in total. The van der Waals surface area contributed by atoms with Gasteiger partial charge in [-0.15, -0.1) is 0 Å². The minimum Gasteiger partial charge on any atom is -0.462 e. The number of carbonyl (C=O) groups excluding carboxylic acids is 2. The van der Waals surface area contributed by atoms with Crippen molar-refractivity contribution in [2.24, 2.45) is 0 Å². The van der Waals surface area contributed by atoms with E-state index in [1.807, 2.05) is 0 Å². The van der Waals surface area contributed by atoms with Crippen LogP contribution in [0.1, 0.15) is 194 Å². The number of allylic oxidation sites excluding steroid dienone is 6. The largest absolute Gasteiger partial charge is 0.462 e. The van der Waals surface area contributed by atoms with Crippen LogP contribution < -0.4 is 0 Å². The zero-order valence-electron chi connectivity index (χ0n) is 36.1. The minimum atomic E-state index is -1.60. The van der Waals surface area contributed by atoms with Crippen molar-refractivity contribution < 1.29 is 49.0 Å². The molecule has 1 rings (SSSR count). The van der Waals surface area contributed by atoms with Crippen LogP contribution in [-0.2, 0) is 28.5 Å². The van der Waals surface area contributed by atoms with E-state index < -0.39 is 55.4 Å². The van der Waals surface area contributed by atoms with Gasteiger partial charge in [-0.05, 0) is 51.4 Å². The summed E-state index contributed by atoms with van der Waals surface area (Å²) in [5.41, 5.74) is 0. The van der Waals surface area contributed by atoms with Crippen LogP contribution >= 0.6 is 0 Å². The SMILES string of the molecule is CCCCC/C=C/C/C=C/C/C=C/CCCCC(=O)OC[C@H](CO[C@@H]1O[C@H](CO)[C@H](O)C(O)C1O)OC(=O)CCCCCCCCCCCCCCCCCCC. The highest BCUT2D eigenvalue weighted by Crippen LogP contribution is 2.23. The first-order valence-electron chi connectivity index (χ1n) is 23.1. The number of ether oxygens (including phenoxy) is 4. The molecule has 0 aromatic rings. The number of aliphatic hydroxyl groups excluding tert-OH is 4. The third kappa shape index (κ3) is 29.7. The van der Waals surface area contributed by atoms with E-state index in [1.54, 1.807) is 0 Å². The highest BCUT2D eigenvalue weighted by atomic mass is 16.7. The van der Waals surface area contributed by atoms with Gasteiger partial charge in [0.2, 0.25) is 0 Å². The van der Waals surface area contributed by atoms with Crippen LogP contribution in [0.2, 0.25) is 0 Å². The molecular weight excluding hydrogens is 725 g/mol. The van der Waals surface area contributed by atoms with Crippen LogP contribution in [0.25, 0.3) is 0 Å². The molecule has 1 saturated heterocycles. The highest BCUT2D eigenvalue weighted by molar-refractivity contribution is 5.70. The van der Waals surface area contributed by atoms with E-state index in [2.05, 4.69) is 50.3 Å². The van der Waals surface area contributed by atoms with Crippen molar-refractivity contribution in [1.82, 2.24) is 0 Å². The van der Waals surface area contributed by atoms with Gasteiger partial charge >= 0.3 is 11.9 Å². The molecule has 1 heterocycles. The molecule has 1 aliphatic heterocycles. The van der Waals surface area contributed by atoms with E-state index in [-0.39, 0.29) is 26.1 Å². The minimum absolute atomic E-state index is 0.225. The van der Waals surface area contributed by atoms with Gasteiger partial charge in [0.25, 0.3) is 0 Å². The van der Waals surface area contributed by atoms with Gasteiger partial charge in [-0.25, -0.2) is 0 Å². The van der Waals surface area contributed by atoms with Gasteiger partial charge < -0.3 is 39.4 Å². The second-order valence-electron chi connectivity index (χ2n) is 15.9. The van der Waals surface area contributed by atoms with Crippen LogP contribution in [0.4, 0.5) is 0 Å². The quantitative estimate of drug-likeness (QED) is 0.0270. The second-order valence-corrected chi connectivity index (χ2v) is 15.9. The summed E-state index contributed by atoms with van der Waals surface area (Å²) in [5.74, 6) is -0.846. The molecule has 0 spiro atoms. The Morgan fingerprint density at radius 3 is 1.51 bits per heavy atom. The summed E-state index contributed by atoms with van der Waals surface area (Å²) in [5, 5.41) is 40.1. The molecule has 6 atom stereocenters. The Kier molecular flexibility index (Phi) is 35.4. The Balaban J connectivity index is 2.34. The van der Waals surface area contributed by atoms with Crippen molar-refractivity contribution in [2.75, 3.05) is 19.8 Å². The molecule has 10 nitrogen and oxygen atoms in total. The zero-order chi connectivity index (χ0) is 41.6. The van der Waals surface area contributed by atoms with E-state index in [1.165, 1.54) is 103 Å². The Morgan fingerprint density at radius 2 is 0.982 bits per heavy atom. The van der Waals surface area contributed by atoms with Gasteiger partial charge in [-0.2, -0.15) is 0 Å². The monoisotopic (exact) mass is 809 g/mol. The molecule has 10 heteroatoms. The average Bonchev–Trinajstić information content (AvgIpc) is 3.21. The van der Waals surface area contributed by atoms with Crippen LogP contribution in [0.15, 0.2) is 36.5 Å². The molecule has 332 valence electrons. The lowest BCUT2D eigenvalue weighted by Crippen LogP contribution is -2.59. The highest BCUT2D eigenvalue weighted by Gasteiger charge is 2.44. The fourth-order valence-electron chi connectivity index (χ4n) is 6.84. The predicted octanol–water partition coefficient (Wildman–Crippen LogP) is 9.89. The smallest absolute Gasteiger partial charge is 0.306 e. The fourth-order valence-corrected chi connectivity index (χ4v) is 6.84. The molecule has 0 aliphatic carbocycles. The van der Waals surface area contributed by atoms with E-state index in [9.17, 15) is 30.0 Å². The molecule has 0 bridgehead atoms. The molecule has 57 heavy (non-hydrogen) atoms. The average molecular weight is 809 g/mol. The lowest BCUT2D eigenvalue weighted by atomic mass is 9.99. The number of carbonyl (C=O) groups is 2. The van der Waals surface area contributed by atoms with Gasteiger partial charge in [-0.3, -0.25) is 9.59 Å². The molecule has 0 saturated carbocycles. The summed E-state index contributed by atoms with van der Waals surface area (Å²) in [6, 6.07) is 0. The van der Waals surface area contributed by atoms with E-state index in [4.69, 9.17) is 18.9 Å². The molecule has 2 unspecified atom stereocenters. The number of aliphatic hydroxyl groups is 4. The molecule has 0 aromatic heterocycles. The van der Waals surface area contributed by atoms with Gasteiger partial charge in [0.05, 0.1) is 13.2 Å². The Morgan fingerprint density at radius 1 is 0.544 bits per heavy atom. The number of unbranched alkanes of at least 4 members (excludes halogenated alkanes) is 21. The lowest BCUT2D eigenvalue weighted by molar-refractivity contribution is -0.305. The summed E-state index contributed by atoms with van der Waals surface area (Å²) in [4.78, 5) is 25.3. The zero-order valence-corrected chi connectivity index (χ0v) is 36.1. The van der Waals surface area contributed by atoms with Crippen molar-refractivity contribution in [3.63, 3.8) is 0 Å². The Bertz CT molecular complexity index is 1030. The number of esters is 2.